The van der Waals surface area contributed by atoms with Gasteiger partial charge in [0.1, 0.15) is 11.8 Å². The van der Waals surface area contributed by atoms with Gasteiger partial charge in [-0.3, -0.25) is 4.79 Å². The van der Waals surface area contributed by atoms with Crippen molar-refractivity contribution in [3.8, 4) is 11.8 Å². The standard InChI is InChI=1S/C15H17ClN2O2/c1-11(15(19)18-7-3-2-4-8-18)20-13-6-5-12(10-17)14(16)9-13/h5-6,9,11H,2-4,7-8H2,1H3. The summed E-state index contributed by atoms with van der Waals surface area (Å²) in [5.74, 6) is 0.511. The van der Waals surface area contributed by atoms with Crippen molar-refractivity contribution in [1.29, 1.82) is 5.26 Å². The van der Waals surface area contributed by atoms with E-state index in [0.717, 1.165) is 25.9 Å². The largest absolute Gasteiger partial charge is 0.481 e. The Morgan fingerprint density at radius 3 is 2.70 bits per heavy atom. The van der Waals surface area contributed by atoms with Gasteiger partial charge in [0.2, 0.25) is 0 Å². The van der Waals surface area contributed by atoms with Gasteiger partial charge in [0.05, 0.1) is 10.6 Å². The fourth-order valence-electron chi connectivity index (χ4n) is 2.29. The molecule has 1 atom stereocenters. The zero-order valence-corrected chi connectivity index (χ0v) is 12.2. The number of halogens is 1. The summed E-state index contributed by atoms with van der Waals surface area (Å²) in [6, 6.07) is 6.81. The lowest BCUT2D eigenvalue weighted by atomic mass is 10.1. The van der Waals surface area contributed by atoms with Crippen LogP contribution in [0.4, 0.5) is 0 Å². The normalized spacial score (nSPS) is 16.4. The molecule has 2 rings (SSSR count). The minimum Gasteiger partial charge on any atom is -0.481 e. The van der Waals surface area contributed by atoms with E-state index in [9.17, 15) is 4.79 Å². The molecule has 0 aromatic heterocycles. The van der Waals surface area contributed by atoms with Crippen molar-refractivity contribution < 1.29 is 9.53 Å². The van der Waals surface area contributed by atoms with Gasteiger partial charge in [-0.15, -0.1) is 0 Å². The van der Waals surface area contributed by atoms with Crippen molar-refractivity contribution in [2.45, 2.75) is 32.3 Å². The molecule has 0 saturated carbocycles. The lowest BCUT2D eigenvalue weighted by molar-refractivity contribution is -0.138. The summed E-state index contributed by atoms with van der Waals surface area (Å²) in [7, 11) is 0. The molecule has 0 radical (unpaired) electrons. The van der Waals surface area contributed by atoms with Crippen LogP contribution >= 0.6 is 11.6 Å². The number of hydrogen-bond acceptors (Lipinski definition) is 3. The molecule has 106 valence electrons. The minimum atomic E-state index is -0.544. The third-order valence-corrected chi connectivity index (χ3v) is 3.70. The maximum atomic E-state index is 12.2. The van der Waals surface area contributed by atoms with Crippen molar-refractivity contribution in [1.82, 2.24) is 4.90 Å². The Bertz CT molecular complexity index is 533. The summed E-state index contributed by atoms with van der Waals surface area (Å²) < 4.78 is 5.62. The number of amides is 1. The molecule has 1 aromatic carbocycles. The predicted molar refractivity (Wildman–Crippen MR) is 76.7 cm³/mol. The van der Waals surface area contributed by atoms with E-state index in [1.165, 1.54) is 6.42 Å². The van der Waals surface area contributed by atoms with Crippen LogP contribution in [-0.2, 0) is 4.79 Å². The summed E-state index contributed by atoms with van der Waals surface area (Å²) >= 11 is 5.94. The van der Waals surface area contributed by atoms with Crippen LogP contribution in [0.5, 0.6) is 5.75 Å². The Hall–Kier alpha value is -1.73. The van der Waals surface area contributed by atoms with Crippen LogP contribution in [0.25, 0.3) is 0 Å². The van der Waals surface area contributed by atoms with Gasteiger partial charge >= 0.3 is 0 Å². The number of piperidine rings is 1. The topological polar surface area (TPSA) is 53.3 Å². The number of benzene rings is 1. The molecular weight excluding hydrogens is 276 g/mol. The molecule has 0 spiro atoms. The van der Waals surface area contributed by atoms with Gasteiger partial charge in [0, 0.05) is 19.2 Å². The monoisotopic (exact) mass is 292 g/mol. The van der Waals surface area contributed by atoms with Crippen molar-refractivity contribution in [2.24, 2.45) is 0 Å². The first-order chi connectivity index (χ1) is 9.61. The maximum absolute atomic E-state index is 12.2. The first-order valence-electron chi connectivity index (χ1n) is 6.77. The number of carbonyl (C=O) groups is 1. The number of ether oxygens (including phenoxy) is 1. The molecule has 20 heavy (non-hydrogen) atoms. The van der Waals surface area contributed by atoms with Gasteiger partial charge in [-0.05, 0) is 38.3 Å². The molecule has 1 aliphatic heterocycles. The van der Waals surface area contributed by atoms with E-state index < -0.39 is 6.10 Å². The average Bonchev–Trinajstić information content (AvgIpc) is 2.47. The summed E-state index contributed by atoms with van der Waals surface area (Å²) in [6.45, 7) is 3.35. The second-order valence-electron chi connectivity index (χ2n) is 4.90. The summed E-state index contributed by atoms with van der Waals surface area (Å²) in [6.07, 6.45) is 2.75. The van der Waals surface area contributed by atoms with Gasteiger partial charge < -0.3 is 9.64 Å². The predicted octanol–water partition coefficient (Wildman–Crippen LogP) is 2.99. The van der Waals surface area contributed by atoms with Crippen LogP contribution in [0.1, 0.15) is 31.7 Å². The molecule has 1 saturated heterocycles. The second kappa shape index (κ2) is 6.62. The Balaban J connectivity index is 2.00. The van der Waals surface area contributed by atoms with Crippen LogP contribution in [-0.4, -0.2) is 30.0 Å². The summed E-state index contributed by atoms with van der Waals surface area (Å²) in [5, 5.41) is 9.15. The zero-order chi connectivity index (χ0) is 14.5. The number of nitriles is 1. The quantitative estimate of drug-likeness (QED) is 0.860. The van der Waals surface area contributed by atoms with E-state index in [-0.39, 0.29) is 5.91 Å². The van der Waals surface area contributed by atoms with Crippen LogP contribution in [0.2, 0.25) is 5.02 Å². The van der Waals surface area contributed by atoms with E-state index in [2.05, 4.69) is 0 Å². The molecule has 4 nitrogen and oxygen atoms in total. The number of hydrogen-bond donors (Lipinski definition) is 0. The van der Waals surface area contributed by atoms with E-state index >= 15 is 0 Å². The number of nitrogens with zero attached hydrogens (tertiary/aromatic N) is 2. The van der Waals surface area contributed by atoms with Crippen molar-refractivity contribution in [3.63, 3.8) is 0 Å². The molecule has 5 heteroatoms. The van der Waals surface area contributed by atoms with E-state index in [4.69, 9.17) is 21.6 Å². The van der Waals surface area contributed by atoms with E-state index in [0.29, 0.717) is 16.3 Å². The van der Waals surface area contributed by atoms with Crippen LogP contribution in [0, 0.1) is 11.3 Å². The van der Waals surface area contributed by atoms with Crippen molar-refractivity contribution in [2.75, 3.05) is 13.1 Å². The van der Waals surface area contributed by atoms with Crippen LogP contribution in [0.15, 0.2) is 18.2 Å². The molecule has 0 N–H and O–H groups in total. The first kappa shape index (κ1) is 14.7. The van der Waals surface area contributed by atoms with Gasteiger partial charge in [-0.1, -0.05) is 11.6 Å². The highest BCUT2D eigenvalue weighted by molar-refractivity contribution is 6.31. The molecule has 1 heterocycles. The Kier molecular flexibility index (Phi) is 4.86. The molecular formula is C15H17ClN2O2. The Morgan fingerprint density at radius 1 is 1.40 bits per heavy atom. The highest BCUT2D eigenvalue weighted by Gasteiger charge is 2.23. The fraction of sp³-hybridized carbons (Fsp3) is 0.467. The molecule has 1 aromatic rings. The van der Waals surface area contributed by atoms with Gasteiger partial charge in [0.15, 0.2) is 6.10 Å². The van der Waals surface area contributed by atoms with E-state index in [1.807, 2.05) is 11.0 Å². The van der Waals surface area contributed by atoms with Crippen molar-refractivity contribution >= 4 is 17.5 Å². The van der Waals surface area contributed by atoms with Gasteiger partial charge in [-0.25, -0.2) is 0 Å². The van der Waals surface area contributed by atoms with E-state index in [1.54, 1.807) is 25.1 Å². The minimum absolute atomic E-state index is 0.00480. The lowest BCUT2D eigenvalue weighted by Crippen LogP contribution is -2.43. The average molecular weight is 293 g/mol. The first-order valence-corrected chi connectivity index (χ1v) is 7.14. The van der Waals surface area contributed by atoms with Gasteiger partial charge in [-0.2, -0.15) is 5.26 Å². The smallest absolute Gasteiger partial charge is 0.263 e. The third kappa shape index (κ3) is 3.43. The molecule has 1 amide bonds. The number of carbonyl (C=O) groups excluding carboxylic acids is 1. The Morgan fingerprint density at radius 2 is 2.10 bits per heavy atom. The van der Waals surface area contributed by atoms with Crippen LogP contribution < -0.4 is 4.74 Å². The van der Waals surface area contributed by atoms with Crippen LogP contribution in [0.3, 0.4) is 0 Å². The molecule has 1 fully saturated rings. The Labute approximate surface area is 123 Å². The SMILES string of the molecule is CC(Oc1ccc(C#N)c(Cl)c1)C(=O)N1CCCCC1. The maximum Gasteiger partial charge on any atom is 0.263 e. The highest BCUT2D eigenvalue weighted by atomic mass is 35.5. The zero-order valence-electron chi connectivity index (χ0n) is 11.4. The highest BCUT2D eigenvalue weighted by Crippen LogP contribution is 2.23. The number of rotatable bonds is 3. The second-order valence-corrected chi connectivity index (χ2v) is 5.31. The van der Waals surface area contributed by atoms with Gasteiger partial charge in [0.25, 0.3) is 5.91 Å². The molecule has 1 aliphatic rings. The fourth-order valence-corrected chi connectivity index (χ4v) is 2.50. The van der Waals surface area contributed by atoms with Crippen molar-refractivity contribution in [3.05, 3.63) is 28.8 Å². The third-order valence-electron chi connectivity index (χ3n) is 3.39. The molecule has 0 aliphatic carbocycles. The summed E-state index contributed by atoms with van der Waals surface area (Å²) in [4.78, 5) is 14.1. The summed E-state index contributed by atoms with van der Waals surface area (Å²) in [5.41, 5.74) is 0.397. The molecule has 0 bridgehead atoms. The lowest BCUT2D eigenvalue weighted by Gasteiger charge is -2.29. The number of likely N-dealkylation sites (tertiary alicyclic amines) is 1. The molecule has 1 unspecified atom stereocenters.